The van der Waals surface area contributed by atoms with Gasteiger partial charge in [-0.2, -0.15) is 0 Å². The van der Waals surface area contributed by atoms with Crippen LogP contribution in [0.15, 0.2) is 53.9 Å². The van der Waals surface area contributed by atoms with Crippen molar-refractivity contribution in [2.45, 2.75) is 13.3 Å². The molecule has 0 saturated carbocycles. The number of carbonyl (C=O) groups is 1. The standard InChI is InChI=1S/C19H17FN2OS/c1-13-6-5-9-16(17(13)20)18(23)21-11-10-15-12-24-19(22-15)14-7-3-2-4-8-14/h2-9,12H,10-11H2,1H3,(H,21,23). The van der Waals surface area contributed by atoms with Crippen LogP contribution in [0.4, 0.5) is 4.39 Å². The number of rotatable bonds is 5. The maximum atomic E-state index is 13.9. The highest BCUT2D eigenvalue weighted by molar-refractivity contribution is 7.13. The van der Waals surface area contributed by atoms with Gasteiger partial charge in [0.05, 0.1) is 11.3 Å². The van der Waals surface area contributed by atoms with E-state index in [0.29, 0.717) is 18.5 Å². The summed E-state index contributed by atoms with van der Waals surface area (Å²) in [6.07, 6.45) is 0.614. The lowest BCUT2D eigenvalue weighted by Crippen LogP contribution is -2.26. The van der Waals surface area contributed by atoms with Gasteiger partial charge in [0.1, 0.15) is 10.8 Å². The van der Waals surface area contributed by atoms with Crippen LogP contribution in [0, 0.1) is 12.7 Å². The summed E-state index contributed by atoms with van der Waals surface area (Å²) in [6, 6.07) is 14.8. The summed E-state index contributed by atoms with van der Waals surface area (Å²) < 4.78 is 13.9. The van der Waals surface area contributed by atoms with Crippen molar-refractivity contribution in [2.24, 2.45) is 0 Å². The van der Waals surface area contributed by atoms with E-state index in [2.05, 4.69) is 10.3 Å². The van der Waals surface area contributed by atoms with E-state index < -0.39 is 11.7 Å². The number of thiazole rings is 1. The number of nitrogens with zero attached hydrogens (tertiary/aromatic N) is 1. The molecule has 0 aliphatic carbocycles. The zero-order chi connectivity index (χ0) is 16.9. The minimum Gasteiger partial charge on any atom is -0.352 e. The Hall–Kier alpha value is -2.53. The van der Waals surface area contributed by atoms with Crippen molar-refractivity contribution in [3.05, 3.63) is 76.5 Å². The van der Waals surface area contributed by atoms with Crippen molar-refractivity contribution in [1.29, 1.82) is 0 Å². The van der Waals surface area contributed by atoms with Crippen molar-refractivity contribution >= 4 is 17.2 Å². The molecule has 2 aromatic carbocycles. The highest BCUT2D eigenvalue weighted by atomic mass is 32.1. The molecular formula is C19H17FN2OS. The van der Waals surface area contributed by atoms with Gasteiger partial charge in [-0.05, 0) is 18.6 Å². The molecule has 3 nitrogen and oxygen atoms in total. The predicted molar refractivity (Wildman–Crippen MR) is 94.7 cm³/mol. The average molecular weight is 340 g/mol. The normalized spacial score (nSPS) is 10.6. The number of nitrogens with one attached hydrogen (secondary N) is 1. The third kappa shape index (κ3) is 3.68. The minimum absolute atomic E-state index is 0.0817. The predicted octanol–water partition coefficient (Wildman–Crippen LogP) is 4.23. The Kier molecular flexibility index (Phi) is 5.01. The van der Waals surface area contributed by atoms with E-state index in [-0.39, 0.29) is 5.56 Å². The van der Waals surface area contributed by atoms with Gasteiger partial charge in [-0.25, -0.2) is 9.37 Å². The Morgan fingerprint density at radius 1 is 1.17 bits per heavy atom. The topological polar surface area (TPSA) is 42.0 Å². The quantitative estimate of drug-likeness (QED) is 0.755. The molecule has 0 aliphatic heterocycles. The Labute approximate surface area is 144 Å². The second-order valence-electron chi connectivity index (χ2n) is 5.45. The number of carbonyl (C=O) groups excluding carboxylic acids is 1. The number of aromatic nitrogens is 1. The molecule has 1 amide bonds. The van der Waals surface area contributed by atoms with Crippen LogP contribution in [0.3, 0.4) is 0 Å². The molecule has 0 saturated heterocycles. The number of amides is 1. The molecule has 0 atom stereocenters. The van der Waals surface area contributed by atoms with Crippen LogP contribution < -0.4 is 5.32 Å². The first-order valence-electron chi connectivity index (χ1n) is 7.68. The van der Waals surface area contributed by atoms with E-state index in [0.717, 1.165) is 16.3 Å². The smallest absolute Gasteiger partial charge is 0.254 e. The maximum Gasteiger partial charge on any atom is 0.254 e. The summed E-state index contributed by atoms with van der Waals surface area (Å²) in [4.78, 5) is 16.6. The molecule has 1 aromatic heterocycles. The minimum atomic E-state index is -0.463. The van der Waals surface area contributed by atoms with Crippen molar-refractivity contribution < 1.29 is 9.18 Å². The first-order valence-corrected chi connectivity index (χ1v) is 8.56. The van der Waals surface area contributed by atoms with Gasteiger partial charge < -0.3 is 5.32 Å². The molecular weight excluding hydrogens is 323 g/mol. The van der Waals surface area contributed by atoms with Crippen LogP contribution in [0.1, 0.15) is 21.6 Å². The zero-order valence-corrected chi connectivity index (χ0v) is 14.1. The van der Waals surface area contributed by atoms with Crippen molar-refractivity contribution in [1.82, 2.24) is 10.3 Å². The molecule has 0 unspecified atom stereocenters. The lowest BCUT2D eigenvalue weighted by molar-refractivity contribution is 0.0950. The Morgan fingerprint density at radius 2 is 1.96 bits per heavy atom. The molecule has 0 bridgehead atoms. The second-order valence-corrected chi connectivity index (χ2v) is 6.31. The summed E-state index contributed by atoms with van der Waals surface area (Å²) >= 11 is 1.58. The van der Waals surface area contributed by atoms with Gasteiger partial charge in [0.2, 0.25) is 0 Å². The molecule has 122 valence electrons. The SMILES string of the molecule is Cc1cccc(C(=O)NCCc2csc(-c3ccccc3)n2)c1F. The molecule has 3 rings (SSSR count). The van der Waals surface area contributed by atoms with Crippen LogP contribution >= 0.6 is 11.3 Å². The summed E-state index contributed by atoms with van der Waals surface area (Å²) in [5.74, 6) is -0.857. The first-order chi connectivity index (χ1) is 11.6. The van der Waals surface area contributed by atoms with E-state index in [1.807, 2.05) is 35.7 Å². The van der Waals surface area contributed by atoms with Crippen molar-refractivity contribution in [2.75, 3.05) is 6.54 Å². The molecule has 0 fully saturated rings. The zero-order valence-electron chi connectivity index (χ0n) is 13.3. The third-order valence-corrected chi connectivity index (χ3v) is 4.62. The van der Waals surface area contributed by atoms with E-state index in [1.54, 1.807) is 30.4 Å². The molecule has 5 heteroatoms. The van der Waals surface area contributed by atoms with Crippen LogP contribution in [-0.4, -0.2) is 17.4 Å². The van der Waals surface area contributed by atoms with Gasteiger partial charge in [-0.3, -0.25) is 4.79 Å². The van der Waals surface area contributed by atoms with Gasteiger partial charge in [0, 0.05) is 23.9 Å². The van der Waals surface area contributed by atoms with E-state index >= 15 is 0 Å². The Balaban J connectivity index is 1.58. The highest BCUT2D eigenvalue weighted by Crippen LogP contribution is 2.23. The molecule has 0 radical (unpaired) electrons. The number of halogens is 1. The van der Waals surface area contributed by atoms with Crippen LogP contribution in [0.2, 0.25) is 0 Å². The van der Waals surface area contributed by atoms with Crippen LogP contribution in [0.25, 0.3) is 10.6 Å². The highest BCUT2D eigenvalue weighted by Gasteiger charge is 2.12. The summed E-state index contributed by atoms with van der Waals surface area (Å²) in [7, 11) is 0. The van der Waals surface area contributed by atoms with Gasteiger partial charge >= 0.3 is 0 Å². The van der Waals surface area contributed by atoms with Crippen LogP contribution in [-0.2, 0) is 6.42 Å². The Bertz CT molecular complexity index is 846. The molecule has 24 heavy (non-hydrogen) atoms. The van der Waals surface area contributed by atoms with E-state index in [1.165, 1.54) is 6.07 Å². The number of aryl methyl sites for hydroxylation is 1. The van der Waals surface area contributed by atoms with Crippen LogP contribution in [0.5, 0.6) is 0 Å². The fourth-order valence-corrected chi connectivity index (χ4v) is 3.22. The number of hydrogen-bond acceptors (Lipinski definition) is 3. The van der Waals surface area contributed by atoms with E-state index in [4.69, 9.17) is 0 Å². The van der Waals surface area contributed by atoms with Crippen molar-refractivity contribution in [3.8, 4) is 10.6 Å². The third-order valence-electron chi connectivity index (χ3n) is 3.68. The fourth-order valence-electron chi connectivity index (χ4n) is 2.36. The van der Waals surface area contributed by atoms with Gasteiger partial charge in [-0.15, -0.1) is 11.3 Å². The largest absolute Gasteiger partial charge is 0.352 e. The molecule has 1 heterocycles. The summed E-state index contributed by atoms with van der Waals surface area (Å²) in [5.41, 5.74) is 2.55. The van der Waals surface area contributed by atoms with E-state index in [9.17, 15) is 9.18 Å². The lowest BCUT2D eigenvalue weighted by Gasteiger charge is -2.06. The number of benzene rings is 2. The average Bonchev–Trinajstić information content (AvgIpc) is 3.07. The van der Waals surface area contributed by atoms with Crippen molar-refractivity contribution in [3.63, 3.8) is 0 Å². The second kappa shape index (κ2) is 7.36. The van der Waals surface area contributed by atoms with Gasteiger partial charge in [0.25, 0.3) is 5.91 Å². The molecule has 1 N–H and O–H groups in total. The fraction of sp³-hybridized carbons (Fsp3) is 0.158. The molecule has 0 aliphatic rings. The van der Waals surface area contributed by atoms with Gasteiger partial charge in [0.15, 0.2) is 0 Å². The molecule has 0 spiro atoms. The molecule has 3 aromatic rings. The lowest BCUT2D eigenvalue weighted by atomic mass is 10.1. The Morgan fingerprint density at radius 3 is 2.75 bits per heavy atom. The number of hydrogen-bond donors (Lipinski definition) is 1. The maximum absolute atomic E-state index is 13.9. The summed E-state index contributed by atoms with van der Waals surface area (Å²) in [6.45, 7) is 2.07. The monoisotopic (exact) mass is 340 g/mol. The first kappa shape index (κ1) is 16.3. The summed E-state index contributed by atoms with van der Waals surface area (Å²) in [5, 5.41) is 5.70. The van der Waals surface area contributed by atoms with Gasteiger partial charge in [-0.1, -0.05) is 42.5 Å².